The molecule has 4 nitrogen and oxygen atoms in total. The van der Waals surface area contributed by atoms with Crippen LogP contribution in [0.25, 0.3) is 0 Å². The van der Waals surface area contributed by atoms with Gasteiger partial charge >= 0.3 is 5.97 Å². The van der Waals surface area contributed by atoms with Gasteiger partial charge in [-0.2, -0.15) is 0 Å². The standard InChI is InChI=1S/C12H17NO3/c1-9-3-4-10(16-9)7-13-8-12(11(14)15)5-2-6-12/h3-4,13H,2,5-8H2,1H3,(H,14,15). The molecule has 0 bridgehead atoms. The highest BCUT2D eigenvalue weighted by Gasteiger charge is 2.43. The first-order valence-electron chi connectivity index (χ1n) is 5.62. The van der Waals surface area contributed by atoms with E-state index in [1.807, 2.05) is 19.1 Å². The zero-order valence-electron chi connectivity index (χ0n) is 9.45. The van der Waals surface area contributed by atoms with Crippen molar-refractivity contribution in [1.82, 2.24) is 5.32 Å². The third-order valence-electron chi connectivity index (χ3n) is 3.32. The Balaban J connectivity index is 1.81. The van der Waals surface area contributed by atoms with Crippen molar-refractivity contribution in [1.29, 1.82) is 0 Å². The molecule has 0 radical (unpaired) electrons. The quantitative estimate of drug-likeness (QED) is 0.800. The molecule has 0 amide bonds. The van der Waals surface area contributed by atoms with Crippen molar-refractivity contribution in [2.75, 3.05) is 6.54 Å². The van der Waals surface area contributed by atoms with E-state index in [0.29, 0.717) is 13.1 Å². The van der Waals surface area contributed by atoms with E-state index in [0.717, 1.165) is 30.8 Å². The lowest BCUT2D eigenvalue weighted by molar-refractivity contribution is -0.154. The lowest BCUT2D eigenvalue weighted by Crippen LogP contribution is -2.45. The monoisotopic (exact) mass is 223 g/mol. The maximum Gasteiger partial charge on any atom is 0.310 e. The minimum atomic E-state index is -0.679. The van der Waals surface area contributed by atoms with Gasteiger partial charge in [-0.05, 0) is 31.9 Å². The van der Waals surface area contributed by atoms with Crippen LogP contribution in [0.3, 0.4) is 0 Å². The fourth-order valence-corrected chi connectivity index (χ4v) is 2.07. The number of hydrogen-bond donors (Lipinski definition) is 2. The van der Waals surface area contributed by atoms with Gasteiger partial charge in [-0.3, -0.25) is 4.79 Å². The van der Waals surface area contributed by atoms with E-state index >= 15 is 0 Å². The molecule has 88 valence electrons. The van der Waals surface area contributed by atoms with Crippen LogP contribution in [-0.2, 0) is 11.3 Å². The molecule has 1 aliphatic rings. The van der Waals surface area contributed by atoms with Crippen molar-refractivity contribution in [3.63, 3.8) is 0 Å². The minimum Gasteiger partial charge on any atom is -0.481 e. The molecule has 1 aromatic rings. The van der Waals surface area contributed by atoms with Crippen molar-refractivity contribution >= 4 is 5.97 Å². The summed E-state index contributed by atoms with van der Waals surface area (Å²) in [5.74, 6) is 1.06. The lowest BCUT2D eigenvalue weighted by Gasteiger charge is -2.37. The van der Waals surface area contributed by atoms with Crippen molar-refractivity contribution in [3.05, 3.63) is 23.7 Å². The second kappa shape index (κ2) is 4.29. The Bertz CT molecular complexity index is 379. The average molecular weight is 223 g/mol. The SMILES string of the molecule is Cc1ccc(CNCC2(C(=O)O)CCC2)o1. The number of carbonyl (C=O) groups is 1. The zero-order chi connectivity index (χ0) is 11.6. The molecular formula is C12H17NO3. The van der Waals surface area contributed by atoms with Gasteiger partial charge in [0.25, 0.3) is 0 Å². The van der Waals surface area contributed by atoms with E-state index in [4.69, 9.17) is 9.52 Å². The molecule has 0 unspecified atom stereocenters. The molecule has 4 heteroatoms. The number of aliphatic carboxylic acids is 1. The number of rotatable bonds is 5. The Morgan fingerprint density at radius 1 is 1.56 bits per heavy atom. The molecule has 16 heavy (non-hydrogen) atoms. The molecule has 0 atom stereocenters. The summed E-state index contributed by atoms with van der Waals surface area (Å²) in [5, 5.41) is 12.3. The zero-order valence-corrected chi connectivity index (χ0v) is 9.45. The number of carboxylic acids is 1. The Kier molecular flexibility index (Phi) is 3.01. The summed E-state index contributed by atoms with van der Waals surface area (Å²) in [5.41, 5.74) is -0.526. The summed E-state index contributed by atoms with van der Waals surface area (Å²) in [6.07, 6.45) is 2.59. The molecule has 0 aliphatic heterocycles. The van der Waals surface area contributed by atoms with Crippen LogP contribution in [0.2, 0.25) is 0 Å². The summed E-state index contributed by atoms with van der Waals surface area (Å²) in [7, 11) is 0. The highest BCUT2D eigenvalue weighted by atomic mass is 16.4. The van der Waals surface area contributed by atoms with Gasteiger partial charge in [0.1, 0.15) is 11.5 Å². The maximum absolute atomic E-state index is 11.1. The first-order valence-corrected chi connectivity index (χ1v) is 5.62. The van der Waals surface area contributed by atoms with Gasteiger partial charge in [0, 0.05) is 6.54 Å². The lowest BCUT2D eigenvalue weighted by atomic mass is 9.69. The second-order valence-corrected chi connectivity index (χ2v) is 4.55. The predicted molar refractivity (Wildman–Crippen MR) is 59.1 cm³/mol. The molecule has 1 fully saturated rings. The molecule has 0 aromatic carbocycles. The molecule has 0 spiro atoms. The number of nitrogens with one attached hydrogen (secondary N) is 1. The molecule has 1 heterocycles. The topological polar surface area (TPSA) is 62.5 Å². The van der Waals surface area contributed by atoms with Gasteiger partial charge in [-0.15, -0.1) is 0 Å². The molecule has 1 saturated carbocycles. The Morgan fingerprint density at radius 3 is 2.75 bits per heavy atom. The molecule has 1 aromatic heterocycles. The second-order valence-electron chi connectivity index (χ2n) is 4.55. The number of hydrogen-bond acceptors (Lipinski definition) is 3. The number of carboxylic acid groups (broad SMARTS) is 1. The van der Waals surface area contributed by atoms with Crippen LogP contribution in [0.5, 0.6) is 0 Å². The summed E-state index contributed by atoms with van der Waals surface area (Å²) in [4.78, 5) is 11.1. The van der Waals surface area contributed by atoms with Crippen molar-refractivity contribution in [2.45, 2.75) is 32.7 Å². The first-order chi connectivity index (χ1) is 7.62. The van der Waals surface area contributed by atoms with E-state index in [1.165, 1.54) is 0 Å². The van der Waals surface area contributed by atoms with E-state index in [2.05, 4.69) is 5.32 Å². The Morgan fingerprint density at radius 2 is 2.31 bits per heavy atom. The first kappa shape index (κ1) is 11.2. The van der Waals surface area contributed by atoms with Gasteiger partial charge in [-0.1, -0.05) is 6.42 Å². The summed E-state index contributed by atoms with van der Waals surface area (Å²) >= 11 is 0. The molecule has 2 rings (SSSR count). The average Bonchev–Trinajstić information content (AvgIpc) is 2.55. The van der Waals surface area contributed by atoms with Gasteiger partial charge in [-0.25, -0.2) is 0 Å². The van der Waals surface area contributed by atoms with E-state index in [9.17, 15) is 4.79 Å². The maximum atomic E-state index is 11.1. The third-order valence-corrected chi connectivity index (χ3v) is 3.32. The highest BCUT2D eigenvalue weighted by Crippen LogP contribution is 2.40. The van der Waals surface area contributed by atoms with Crippen molar-refractivity contribution in [2.24, 2.45) is 5.41 Å². The summed E-state index contributed by atoms with van der Waals surface area (Å²) < 4.78 is 5.40. The van der Waals surface area contributed by atoms with Crippen molar-refractivity contribution < 1.29 is 14.3 Å². The van der Waals surface area contributed by atoms with E-state index in [-0.39, 0.29) is 0 Å². The van der Waals surface area contributed by atoms with E-state index < -0.39 is 11.4 Å². The molecule has 1 aliphatic carbocycles. The number of aryl methyl sites for hydroxylation is 1. The van der Waals surface area contributed by atoms with Crippen LogP contribution in [0.1, 0.15) is 30.8 Å². The normalized spacial score (nSPS) is 18.1. The van der Waals surface area contributed by atoms with Crippen LogP contribution >= 0.6 is 0 Å². The van der Waals surface area contributed by atoms with Crippen molar-refractivity contribution in [3.8, 4) is 0 Å². The van der Waals surface area contributed by atoms with Crippen LogP contribution in [0.15, 0.2) is 16.5 Å². The molecular weight excluding hydrogens is 206 g/mol. The predicted octanol–water partition coefficient (Wildman–Crippen LogP) is 1.93. The summed E-state index contributed by atoms with van der Waals surface area (Å²) in [6, 6.07) is 3.82. The van der Waals surface area contributed by atoms with Crippen LogP contribution in [0.4, 0.5) is 0 Å². The van der Waals surface area contributed by atoms with E-state index in [1.54, 1.807) is 0 Å². The fourth-order valence-electron chi connectivity index (χ4n) is 2.07. The van der Waals surface area contributed by atoms with Gasteiger partial charge < -0.3 is 14.8 Å². The molecule has 0 saturated heterocycles. The van der Waals surface area contributed by atoms with Crippen LogP contribution in [-0.4, -0.2) is 17.6 Å². The highest BCUT2D eigenvalue weighted by molar-refractivity contribution is 5.76. The van der Waals surface area contributed by atoms with Gasteiger partial charge in [0.05, 0.1) is 12.0 Å². The Labute approximate surface area is 94.6 Å². The Hall–Kier alpha value is -1.29. The van der Waals surface area contributed by atoms with Gasteiger partial charge in [0.2, 0.25) is 0 Å². The molecule has 2 N–H and O–H groups in total. The smallest absolute Gasteiger partial charge is 0.310 e. The third kappa shape index (κ3) is 2.11. The summed E-state index contributed by atoms with van der Waals surface area (Å²) in [6.45, 7) is 3.03. The fraction of sp³-hybridized carbons (Fsp3) is 0.583. The largest absolute Gasteiger partial charge is 0.481 e. The van der Waals surface area contributed by atoms with Gasteiger partial charge in [0.15, 0.2) is 0 Å². The minimum absolute atomic E-state index is 0.526. The van der Waals surface area contributed by atoms with Crippen LogP contribution in [0, 0.1) is 12.3 Å². The van der Waals surface area contributed by atoms with Crippen LogP contribution < -0.4 is 5.32 Å². The number of furan rings is 1.